The lowest BCUT2D eigenvalue weighted by Crippen LogP contribution is -2.42. The van der Waals surface area contributed by atoms with E-state index in [4.69, 9.17) is 18.9 Å². The topological polar surface area (TPSA) is 62.5 Å². The molecule has 0 aliphatic carbocycles. The summed E-state index contributed by atoms with van der Waals surface area (Å²) in [5.74, 6) is 3.68. The smallest absolute Gasteiger partial charge is 0.193 e. The molecule has 0 amide bonds. The minimum atomic E-state index is 0. The van der Waals surface area contributed by atoms with Crippen LogP contribution in [0.5, 0.6) is 0 Å². The van der Waals surface area contributed by atoms with Gasteiger partial charge in [-0.05, 0) is 51.2 Å². The normalized spacial score (nSPS) is 19.9. The summed E-state index contributed by atoms with van der Waals surface area (Å²) in [5.41, 5.74) is 0. The molecule has 2 saturated heterocycles. The van der Waals surface area contributed by atoms with Gasteiger partial charge in [0.1, 0.15) is 11.5 Å². The van der Waals surface area contributed by atoms with Gasteiger partial charge in [0, 0.05) is 46.4 Å². The van der Waals surface area contributed by atoms with E-state index in [9.17, 15) is 0 Å². The molecule has 172 valence electrons. The number of aliphatic imine (C=N–C) groups is 1. The van der Waals surface area contributed by atoms with E-state index in [-0.39, 0.29) is 30.0 Å². The van der Waals surface area contributed by atoms with Gasteiger partial charge in [0.15, 0.2) is 5.96 Å². The number of hydrogen-bond acceptors (Lipinski definition) is 5. The summed E-state index contributed by atoms with van der Waals surface area (Å²) in [5, 5.41) is 3.46. The Labute approximate surface area is 198 Å². The zero-order chi connectivity index (χ0) is 20.5. The lowest BCUT2D eigenvalue weighted by atomic mass is 9.96. The Hall–Kier alpha value is -0.840. The number of aryl methyl sites for hydroxylation is 1. The van der Waals surface area contributed by atoms with E-state index >= 15 is 0 Å². The van der Waals surface area contributed by atoms with Crippen LogP contribution in [0.15, 0.2) is 21.5 Å². The molecule has 0 aromatic carbocycles. The number of hydrogen-bond donors (Lipinski definition) is 1. The van der Waals surface area contributed by atoms with Crippen LogP contribution in [-0.2, 0) is 9.47 Å². The first-order valence-corrected chi connectivity index (χ1v) is 11.1. The van der Waals surface area contributed by atoms with E-state index in [1.165, 1.54) is 19.3 Å². The molecular formula is C22H39IN4O3. The Morgan fingerprint density at radius 2 is 1.90 bits per heavy atom. The van der Waals surface area contributed by atoms with Gasteiger partial charge in [-0.3, -0.25) is 9.89 Å². The molecule has 2 aliphatic heterocycles. The predicted octanol–water partition coefficient (Wildman–Crippen LogP) is 3.29. The van der Waals surface area contributed by atoms with Crippen LogP contribution in [0.2, 0.25) is 0 Å². The molecule has 1 unspecified atom stereocenters. The van der Waals surface area contributed by atoms with E-state index in [1.807, 2.05) is 13.0 Å². The second-order valence-corrected chi connectivity index (χ2v) is 8.07. The number of rotatable bonds is 8. The molecule has 30 heavy (non-hydrogen) atoms. The Morgan fingerprint density at radius 1 is 1.20 bits per heavy atom. The molecule has 1 atom stereocenters. The number of furan rings is 1. The summed E-state index contributed by atoms with van der Waals surface area (Å²) in [6.07, 6.45) is 3.55. The molecular weight excluding hydrogens is 495 g/mol. The Balaban J connectivity index is 0.00000320. The zero-order valence-corrected chi connectivity index (χ0v) is 21.1. The third kappa shape index (κ3) is 7.69. The van der Waals surface area contributed by atoms with Crippen LogP contribution in [0.25, 0.3) is 0 Å². The average molecular weight is 534 g/mol. The van der Waals surface area contributed by atoms with E-state index < -0.39 is 0 Å². The van der Waals surface area contributed by atoms with Crippen molar-refractivity contribution in [3.05, 3.63) is 23.7 Å². The van der Waals surface area contributed by atoms with Crippen LogP contribution in [-0.4, -0.2) is 82.0 Å². The standard InChI is InChI=1S/C22H38N4O3.HI/c1-4-23-22(25(3)10-7-19-8-13-27-14-9-19)24-17-20(21-6-5-18(2)29-21)26-11-15-28-16-12-26;/h5-6,19-20H,4,7-17H2,1-3H3,(H,23,24);1H. The number of nitrogens with zero attached hydrogens (tertiary/aromatic N) is 3. The van der Waals surface area contributed by atoms with Crippen LogP contribution in [0.3, 0.4) is 0 Å². The minimum absolute atomic E-state index is 0. The van der Waals surface area contributed by atoms with Gasteiger partial charge in [-0.1, -0.05) is 0 Å². The van der Waals surface area contributed by atoms with Gasteiger partial charge in [-0.15, -0.1) is 24.0 Å². The third-order valence-corrected chi connectivity index (χ3v) is 5.90. The number of halogens is 1. The maximum Gasteiger partial charge on any atom is 0.193 e. The second kappa shape index (κ2) is 13.5. The first kappa shape index (κ1) is 25.4. The predicted molar refractivity (Wildman–Crippen MR) is 131 cm³/mol. The zero-order valence-electron chi connectivity index (χ0n) is 18.8. The van der Waals surface area contributed by atoms with Gasteiger partial charge in [-0.25, -0.2) is 0 Å². The number of ether oxygens (including phenoxy) is 2. The van der Waals surface area contributed by atoms with Crippen LogP contribution in [0.1, 0.15) is 43.7 Å². The molecule has 3 rings (SSSR count). The highest BCUT2D eigenvalue weighted by Gasteiger charge is 2.25. The highest BCUT2D eigenvalue weighted by Crippen LogP contribution is 2.24. The van der Waals surface area contributed by atoms with Crippen molar-refractivity contribution in [2.75, 3.05) is 66.2 Å². The lowest BCUT2D eigenvalue weighted by Gasteiger charge is -2.33. The van der Waals surface area contributed by atoms with E-state index in [0.29, 0.717) is 6.54 Å². The highest BCUT2D eigenvalue weighted by atomic mass is 127. The molecule has 0 radical (unpaired) electrons. The third-order valence-electron chi connectivity index (χ3n) is 5.90. The largest absolute Gasteiger partial charge is 0.465 e. The molecule has 1 N–H and O–H groups in total. The average Bonchev–Trinajstić information content (AvgIpc) is 3.19. The summed E-state index contributed by atoms with van der Waals surface area (Å²) >= 11 is 0. The maximum absolute atomic E-state index is 5.98. The van der Waals surface area contributed by atoms with Gasteiger partial charge in [0.05, 0.1) is 25.8 Å². The summed E-state index contributed by atoms with van der Waals surface area (Å²) in [6.45, 7) is 11.9. The second-order valence-electron chi connectivity index (χ2n) is 8.07. The van der Waals surface area contributed by atoms with Crippen molar-refractivity contribution in [1.29, 1.82) is 0 Å². The first-order valence-electron chi connectivity index (χ1n) is 11.1. The van der Waals surface area contributed by atoms with Crippen molar-refractivity contribution in [3.8, 4) is 0 Å². The van der Waals surface area contributed by atoms with Crippen LogP contribution in [0, 0.1) is 12.8 Å². The first-order chi connectivity index (χ1) is 14.2. The molecule has 0 spiro atoms. The van der Waals surface area contributed by atoms with Gasteiger partial charge < -0.3 is 24.1 Å². The summed E-state index contributed by atoms with van der Waals surface area (Å²) in [7, 11) is 2.14. The molecule has 0 bridgehead atoms. The molecule has 7 nitrogen and oxygen atoms in total. The van der Waals surface area contributed by atoms with E-state index in [0.717, 1.165) is 76.0 Å². The fraction of sp³-hybridized carbons (Fsp3) is 0.773. The fourth-order valence-electron chi connectivity index (χ4n) is 4.07. The molecule has 1 aromatic heterocycles. The van der Waals surface area contributed by atoms with Crippen molar-refractivity contribution >= 4 is 29.9 Å². The maximum atomic E-state index is 5.98. The molecule has 1 aromatic rings. The van der Waals surface area contributed by atoms with Gasteiger partial charge >= 0.3 is 0 Å². The Kier molecular flexibility index (Phi) is 11.5. The molecule has 0 saturated carbocycles. The van der Waals surface area contributed by atoms with Gasteiger partial charge in [0.25, 0.3) is 0 Å². The number of morpholine rings is 1. The molecule has 3 heterocycles. The van der Waals surface area contributed by atoms with Gasteiger partial charge in [0.2, 0.25) is 0 Å². The van der Waals surface area contributed by atoms with Crippen molar-refractivity contribution in [2.45, 2.75) is 39.2 Å². The SMILES string of the molecule is CCNC(=NCC(c1ccc(C)o1)N1CCOCC1)N(C)CCC1CCOCC1.I. The quantitative estimate of drug-likeness (QED) is 0.314. The van der Waals surface area contributed by atoms with Gasteiger partial charge in [-0.2, -0.15) is 0 Å². The number of nitrogens with one attached hydrogen (secondary N) is 1. The van der Waals surface area contributed by atoms with Crippen LogP contribution in [0.4, 0.5) is 0 Å². The minimum Gasteiger partial charge on any atom is -0.465 e. The Morgan fingerprint density at radius 3 is 2.53 bits per heavy atom. The summed E-state index contributed by atoms with van der Waals surface area (Å²) in [4.78, 5) is 9.70. The monoisotopic (exact) mass is 534 g/mol. The lowest BCUT2D eigenvalue weighted by molar-refractivity contribution is 0.0135. The summed E-state index contributed by atoms with van der Waals surface area (Å²) in [6, 6.07) is 4.27. The van der Waals surface area contributed by atoms with E-state index in [2.05, 4.69) is 35.2 Å². The molecule has 2 aliphatic rings. The van der Waals surface area contributed by atoms with Crippen LogP contribution >= 0.6 is 24.0 Å². The molecule has 8 heteroatoms. The fourth-order valence-corrected chi connectivity index (χ4v) is 4.07. The van der Waals surface area contributed by atoms with Crippen molar-refractivity contribution in [3.63, 3.8) is 0 Å². The molecule has 2 fully saturated rings. The Bertz CT molecular complexity index is 628. The van der Waals surface area contributed by atoms with Crippen LogP contribution < -0.4 is 5.32 Å². The number of guanidine groups is 1. The highest BCUT2D eigenvalue weighted by molar-refractivity contribution is 14.0. The van der Waals surface area contributed by atoms with Crippen molar-refractivity contribution in [2.24, 2.45) is 10.9 Å². The van der Waals surface area contributed by atoms with E-state index in [1.54, 1.807) is 0 Å². The summed E-state index contributed by atoms with van der Waals surface area (Å²) < 4.78 is 17.0. The van der Waals surface area contributed by atoms with Crippen molar-refractivity contribution < 1.29 is 13.9 Å². The van der Waals surface area contributed by atoms with Crippen molar-refractivity contribution in [1.82, 2.24) is 15.1 Å².